The molecule has 0 saturated carbocycles. The van der Waals surface area contributed by atoms with E-state index in [1.54, 1.807) is 0 Å². The van der Waals surface area contributed by atoms with Crippen molar-refractivity contribution >= 4 is 350 Å². The predicted octanol–water partition coefficient (Wildman–Crippen LogP) is -27.5. The minimum Gasteiger partial charge on any atom is -0.457 e. The van der Waals surface area contributed by atoms with Crippen molar-refractivity contribution in [3.63, 3.8) is 0 Å². The van der Waals surface area contributed by atoms with E-state index in [-0.39, 0.29) is 0 Å². The van der Waals surface area contributed by atoms with Gasteiger partial charge in [0.1, 0.15) is 192 Å². The summed E-state index contributed by atoms with van der Waals surface area (Å²) in [4.78, 5) is 0. The lowest BCUT2D eigenvalue weighted by Crippen LogP contribution is -2.51. The molecule has 0 saturated heterocycles. The molecule has 1 heterocycles. The third kappa shape index (κ3) is 6.42. The van der Waals surface area contributed by atoms with Crippen molar-refractivity contribution in [3.8, 4) is 44.5 Å². The average molecular weight is 845 g/mol. The topological polar surface area (TPSA) is 13.1 Å². The molecule has 0 aliphatic carbocycles. The lowest BCUT2D eigenvalue weighted by Gasteiger charge is -2.32. The standard InChI is InChI=1S/C44H51B23O/c45-20-7(6-4-2-1-3-5-6)22(47)34(59)31(56)14(20)8-10-12(25(50)37(62)35(60)23(10)48)9(13-11(8)24(49)36(61)38(63)26(13)51)15-27(52)29(54)17(30(55)28(15)53)16-21(46)18-19-33(58)39(64)40(65)42(67)44(19)68-43(18)41(66)32(16)57/h1-5H,45-67H2. The molecule has 1 nitrogen and oxygen atoms in total. The summed E-state index contributed by atoms with van der Waals surface area (Å²) in [6, 6.07) is 11.1. The van der Waals surface area contributed by atoms with Crippen LogP contribution in [0.5, 0.6) is 0 Å². The first-order chi connectivity index (χ1) is 31.9. The van der Waals surface area contributed by atoms with Gasteiger partial charge in [0.2, 0.25) is 0 Å². The SMILES string of the molecule is Bc1c(B)c(-c2ccccc2)c(B)c(-c2c3c(B)c(B)c(B)c(B)c3c(-c3c(B)c(B)c(-c4c(B)c(B)c5oc6c(B)c(B)c(B)c(B)c6c5c4B)c(B)c3B)c3c(B)c(B)c(B)c(B)c23)c1B. The number of benzene rings is 8. The van der Waals surface area contributed by atoms with Gasteiger partial charge in [-0.05, 0) is 66.1 Å². The second kappa shape index (κ2) is 16.9. The van der Waals surface area contributed by atoms with E-state index in [2.05, 4.69) is 211 Å². The molecule has 1 aromatic heterocycles. The van der Waals surface area contributed by atoms with Crippen LogP contribution in [0, 0.1) is 0 Å². The van der Waals surface area contributed by atoms with E-state index in [0.29, 0.717) is 0 Å². The molecule has 68 heavy (non-hydrogen) atoms. The van der Waals surface area contributed by atoms with E-state index >= 15 is 0 Å². The summed E-state index contributed by atoms with van der Waals surface area (Å²) in [6.45, 7) is 0. The van der Waals surface area contributed by atoms with Crippen molar-refractivity contribution in [2.24, 2.45) is 0 Å². The van der Waals surface area contributed by atoms with Crippen LogP contribution in [0.15, 0.2) is 34.7 Å². The molecule has 9 rings (SSSR count). The summed E-state index contributed by atoms with van der Waals surface area (Å²) in [7, 11) is 54.2. The Morgan fingerprint density at radius 1 is 0.191 bits per heavy atom. The Labute approximate surface area is 426 Å². The van der Waals surface area contributed by atoms with Crippen LogP contribution in [0.4, 0.5) is 0 Å². The Bertz CT molecular complexity index is 3710. The first-order valence-electron chi connectivity index (χ1n) is 25.1. The first kappa shape index (κ1) is 48.6. The maximum absolute atomic E-state index is 6.92. The van der Waals surface area contributed by atoms with Crippen molar-refractivity contribution < 1.29 is 4.42 Å². The average Bonchev–Trinajstić information content (AvgIpc) is 3.73. The highest BCUT2D eigenvalue weighted by molar-refractivity contribution is 6.75. The molecule has 0 fully saturated rings. The molecule has 8 aromatic carbocycles. The van der Waals surface area contributed by atoms with E-state index < -0.39 is 0 Å². The fourth-order valence-electron chi connectivity index (χ4n) is 13.2. The minimum atomic E-state index is 1.03. The Kier molecular flexibility index (Phi) is 12.1. The summed E-state index contributed by atoms with van der Waals surface area (Å²) < 4.78 is 6.92. The molecule has 302 valence electrons. The van der Waals surface area contributed by atoms with E-state index in [1.165, 1.54) is 202 Å². The van der Waals surface area contributed by atoms with Crippen molar-refractivity contribution in [1.82, 2.24) is 0 Å². The van der Waals surface area contributed by atoms with Crippen molar-refractivity contribution in [3.05, 3.63) is 30.3 Å². The highest BCUT2D eigenvalue weighted by Crippen LogP contribution is 2.39. The molecule has 9 aromatic rings. The van der Waals surface area contributed by atoms with Crippen LogP contribution in [0.3, 0.4) is 0 Å². The Morgan fingerprint density at radius 2 is 0.441 bits per heavy atom. The van der Waals surface area contributed by atoms with Gasteiger partial charge >= 0.3 is 0 Å². The fourth-order valence-corrected chi connectivity index (χ4v) is 13.2. The molecule has 24 heteroatoms. The molecule has 0 N–H and O–H groups in total. The fraction of sp³-hybridized carbons (Fsp3) is 0. The van der Waals surface area contributed by atoms with Gasteiger partial charge in [0.15, 0.2) is 0 Å². The molecule has 0 amide bonds. The van der Waals surface area contributed by atoms with Crippen LogP contribution in [-0.4, -0.2) is 180 Å². The zero-order valence-corrected chi connectivity index (χ0v) is 45.8. The number of hydrogen-bond acceptors (Lipinski definition) is 1. The molecular weight excluding hydrogens is 793 g/mol. The third-order valence-corrected chi connectivity index (χ3v) is 18.8. The summed E-state index contributed by atoms with van der Waals surface area (Å²) in [5.74, 6) is 0. The molecule has 0 spiro atoms. The zero-order chi connectivity index (χ0) is 49.8. The van der Waals surface area contributed by atoms with Crippen molar-refractivity contribution in [2.75, 3.05) is 0 Å². The number of rotatable bonds is 4. The second-order valence-corrected chi connectivity index (χ2v) is 21.4. The van der Waals surface area contributed by atoms with E-state index in [9.17, 15) is 0 Å². The van der Waals surface area contributed by atoms with Crippen LogP contribution in [0.2, 0.25) is 0 Å². The minimum absolute atomic E-state index is 1.03. The highest BCUT2D eigenvalue weighted by Gasteiger charge is 2.31. The van der Waals surface area contributed by atoms with E-state index in [4.69, 9.17) is 4.42 Å². The Hall–Kier alpha value is -4.43. The second-order valence-electron chi connectivity index (χ2n) is 21.4. The third-order valence-electron chi connectivity index (χ3n) is 18.8. The predicted molar refractivity (Wildman–Crippen MR) is 379 cm³/mol. The van der Waals surface area contributed by atoms with Crippen molar-refractivity contribution in [1.29, 1.82) is 0 Å². The highest BCUT2D eigenvalue weighted by atomic mass is 16.3. The summed E-state index contributed by atoms with van der Waals surface area (Å²) in [6.07, 6.45) is 0. The zero-order valence-electron chi connectivity index (χ0n) is 45.8. The maximum Gasteiger partial charge on any atom is 0.143 e. The number of furan rings is 1. The maximum atomic E-state index is 6.92. The monoisotopic (exact) mass is 849 g/mol. The van der Waals surface area contributed by atoms with Gasteiger partial charge in [-0.1, -0.05) is 123 Å². The van der Waals surface area contributed by atoms with Crippen LogP contribution < -0.4 is 126 Å². The van der Waals surface area contributed by atoms with Crippen LogP contribution >= 0.6 is 0 Å². The van der Waals surface area contributed by atoms with Crippen molar-refractivity contribution in [2.45, 2.75) is 0 Å². The Morgan fingerprint density at radius 3 is 0.853 bits per heavy atom. The number of fused-ring (bicyclic) bond motifs is 5. The molecule has 0 aliphatic heterocycles. The van der Waals surface area contributed by atoms with Gasteiger partial charge < -0.3 is 4.42 Å². The quantitative estimate of drug-likeness (QED) is 0.127. The van der Waals surface area contributed by atoms with Gasteiger partial charge in [0.05, 0.1) is 0 Å². The molecule has 0 unspecified atom stereocenters. The molecule has 0 aliphatic rings. The Balaban J connectivity index is 1.51. The van der Waals surface area contributed by atoms with Gasteiger partial charge in [-0.3, -0.25) is 0 Å². The molecule has 0 bridgehead atoms. The van der Waals surface area contributed by atoms with Crippen LogP contribution in [0.1, 0.15) is 0 Å². The summed E-state index contributed by atoms with van der Waals surface area (Å²) >= 11 is 0. The normalized spacial score (nSPS) is 11.7. The van der Waals surface area contributed by atoms with Gasteiger partial charge in [-0.2, -0.15) is 0 Å². The van der Waals surface area contributed by atoms with Gasteiger partial charge in [0, 0.05) is 10.8 Å². The summed E-state index contributed by atoms with van der Waals surface area (Å²) in [5.41, 5.74) is 44.1. The molecule has 0 atom stereocenters. The van der Waals surface area contributed by atoms with Crippen LogP contribution in [-0.2, 0) is 0 Å². The summed E-state index contributed by atoms with van der Waals surface area (Å²) in [5, 5.41) is 8.16. The lowest BCUT2D eigenvalue weighted by molar-refractivity contribution is 0.675. The number of hydrogen-bond donors (Lipinski definition) is 0. The smallest absolute Gasteiger partial charge is 0.143 e. The van der Waals surface area contributed by atoms with Gasteiger partial charge in [0.25, 0.3) is 0 Å². The van der Waals surface area contributed by atoms with Crippen LogP contribution in [0.25, 0.3) is 88.0 Å². The lowest BCUT2D eigenvalue weighted by atomic mass is 9.55. The first-order valence-corrected chi connectivity index (χ1v) is 25.1. The largest absolute Gasteiger partial charge is 0.457 e. The van der Waals surface area contributed by atoms with E-state index in [1.807, 2.05) is 0 Å². The van der Waals surface area contributed by atoms with Gasteiger partial charge in [-0.25, -0.2) is 0 Å². The van der Waals surface area contributed by atoms with Gasteiger partial charge in [-0.15, -0.1) is 32.8 Å². The molecule has 0 radical (unpaired) electrons. The van der Waals surface area contributed by atoms with E-state index in [0.717, 1.165) is 11.2 Å². The molecular formula is C44H51B23O.